The van der Waals surface area contributed by atoms with Gasteiger partial charge in [0.15, 0.2) is 0 Å². The van der Waals surface area contributed by atoms with Gasteiger partial charge in [0.25, 0.3) is 0 Å². The lowest BCUT2D eigenvalue weighted by Crippen LogP contribution is -2.20. The highest BCUT2D eigenvalue weighted by atomic mass is 16.3. The van der Waals surface area contributed by atoms with Gasteiger partial charge in [-0.2, -0.15) is 4.98 Å². The quantitative estimate of drug-likeness (QED) is 0.477. The van der Waals surface area contributed by atoms with E-state index in [0.717, 1.165) is 23.0 Å². The Morgan fingerprint density at radius 3 is 2.36 bits per heavy atom. The fourth-order valence-corrected chi connectivity index (χ4v) is 3.01. The van der Waals surface area contributed by atoms with E-state index in [2.05, 4.69) is 34.5 Å². The molecular formula is C23H22N4O. The number of hydrogen-bond acceptors (Lipinski definition) is 5. The van der Waals surface area contributed by atoms with E-state index in [1.54, 1.807) is 6.26 Å². The Balaban J connectivity index is 1.65. The van der Waals surface area contributed by atoms with Crippen molar-refractivity contribution in [3.05, 3.63) is 102 Å². The molecule has 4 aromatic rings. The standard InChI is InChI=1S/C23H22N4O/c1-18-15-22(24-16-21-13-8-14-28-21)26-23(25-18)27(20-11-6-3-7-12-20)17-19-9-4-2-5-10-19/h2-15H,16-17H2,1H3,(H,24,25,26). The van der Waals surface area contributed by atoms with Crippen LogP contribution in [0.5, 0.6) is 0 Å². The van der Waals surface area contributed by atoms with Crippen LogP contribution in [0.15, 0.2) is 89.5 Å². The van der Waals surface area contributed by atoms with E-state index < -0.39 is 0 Å². The first kappa shape index (κ1) is 17.8. The molecule has 0 saturated carbocycles. The van der Waals surface area contributed by atoms with Gasteiger partial charge in [0.05, 0.1) is 19.4 Å². The van der Waals surface area contributed by atoms with Crippen LogP contribution in [0.2, 0.25) is 0 Å². The first-order valence-electron chi connectivity index (χ1n) is 9.26. The molecule has 5 nitrogen and oxygen atoms in total. The lowest BCUT2D eigenvalue weighted by Gasteiger charge is -2.24. The number of para-hydroxylation sites is 1. The Hall–Kier alpha value is -3.60. The Labute approximate surface area is 164 Å². The van der Waals surface area contributed by atoms with Gasteiger partial charge < -0.3 is 14.6 Å². The minimum absolute atomic E-state index is 0.576. The van der Waals surface area contributed by atoms with Crippen LogP contribution >= 0.6 is 0 Å². The molecule has 0 fully saturated rings. The molecule has 2 heterocycles. The third kappa shape index (κ3) is 4.38. The highest BCUT2D eigenvalue weighted by molar-refractivity contribution is 5.59. The van der Waals surface area contributed by atoms with Crippen molar-refractivity contribution in [3.8, 4) is 0 Å². The number of aromatic nitrogens is 2. The lowest BCUT2D eigenvalue weighted by molar-refractivity contribution is 0.518. The Morgan fingerprint density at radius 1 is 0.893 bits per heavy atom. The SMILES string of the molecule is Cc1cc(NCc2ccco2)nc(N(Cc2ccccc2)c2ccccc2)n1. The second kappa shape index (κ2) is 8.39. The molecule has 0 aliphatic rings. The van der Waals surface area contributed by atoms with Crippen LogP contribution in [-0.2, 0) is 13.1 Å². The van der Waals surface area contributed by atoms with Crippen molar-refractivity contribution in [1.82, 2.24) is 9.97 Å². The van der Waals surface area contributed by atoms with Crippen molar-refractivity contribution >= 4 is 17.5 Å². The van der Waals surface area contributed by atoms with Crippen LogP contribution in [0.1, 0.15) is 17.0 Å². The van der Waals surface area contributed by atoms with Gasteiger partial charge in [-0.25, -0.2) is 4.98 Å². The maximum Gasteiger partial charge on any atom is 0.232 e. The van der Waals surface area contributed by atoms with Gasteiger partial charge in [-0.15, -0.1) is 0 Å². The summed E-state index contributed by atoms with van der Waals surface area (Å²) in [5.74, 6) is 2.30. The number of benzene rings is 2. The lowest BCUT2D eigenvalue weighted by atomic mass is 10.2. The summed E-state index contributed by atoms with van der Waals surface area (Å²) >= 11 is 0. The van der Waals surface area contributed by atoms with Crippen molar-refractivity contribution in [1.29, 1.82) is 0 Å². The summed E-state index contributed by atoms with van der Waals surface area (Å²) in [6.45, 7) is 3.24. The molecule has 0 radical (unpaired) electrons. The van der Waals surface area contributed by atoms with Crippen molar-refractivity contribution in [2.45, 2.75) is 20.0 Å². The summed E-state index contributed by atoms with van der Waals surface area (Å²) in [6, 6.07) is 26.3. The summed E-state index contributed by atoms with van der Waals surface area (Å²) in [4.78, 5) is 11.6. The first-order valence-corrected chi connectivity index (χ1v) is 9.26. The van der Waals surface area contributed by atoms with E-state index in [1.807, 2.05) is 61.5 Å². The smallest absolute Gasteiger partial charge is 0.232 e. The maximum atomic E-state index is 5.40. The fraction of sp³-hybridized carbons (Fsp3) is 0.130. The third-order valence-electron chi connectivity index (χ3n) is 4.36. The second-order valence-electron chi connectivity index (χ2n) is 6.53. The van der Waals surface area contributed by atoms with Gasteiger partial charge in [0.2, 0.25) is 5.95 Å². The normalized spacial score (nSPS) is 10.6. The zero-order chi connectivity index (χ0) is 19.2. The van der Waals surface area contributed by atoms with Crippen LogP contribution in [0.25, 0.3) is 0 Å². The minimum Gasteiger partial charge on any atom is -0.467 e. The Bertz CT molecular complexity index is 1000. The Kier molecular flexibility index (Phi) is 5.33. The average molecular weight is 370 g/mol. The first-order chi connectivity index (χ1) is 13.8. The molecular weight excluding hydrogens is 348 g/mol. The number of hydrogen-bond donors (Lipinski definition) is 1. The summed E-state index contributed by atoms with van der Waals surface area (Å²) < 4.78 is 5.40. The van der Waals surface area contributed by atoms with E-state index in [1.165, 1.54) is 5.56 Å². The molecule has 0 unspecified atom stereocenters. The van der Waals surface area contributed by atoms with Crippen molar-refractivity contribution in [3.63, 3.8) is 0 Å². The summed E-state index contributed by atoms with van der Waals surface area (Å²) in [5, 5.41) is 3.33. The van der Waals surface area contributed by atoms with E-state index >= 15 is 0 Å². The van der Waals surface area contributed by atoms with Gasteiger partial charge in [-0.1, -0.05) is 48.5 Å². The monoisotopic (exact) mass is 370 g/mol. The minimum atomic E-state index is 0.576. The molecule has 2 aromatic carbocycles. The van der Waals surface area contributed by atoms with E-state index in [-0.39, 0.29) is 0 Å². The largest absolute Gasteiger partial charge is 0.467 e. The molecule has 140 valence electrons. The fourth-order valence-electron chi connectivity index (χ4n) is 3.01. The predicted molar refractivity (Wildman–Crippen MR) is 112 cm³/mol. The molecule has 0 amide bonds. The van der Waals surface area contributed by atoms with Crippen LogP contribution in [0, 0.1) is 6.92 Å². The third-order valence-corrected chi connectivity index (χ3v) is 4.36. The predicted octanol–water partition coefficient (Wildman–Crippen LogP) is 5.33. The van der Waals surface area contributed by atoms with Crippen molar-refractivity contribution in [2.24, 2.45) is 0 Å². The van der Waals surface area contributed by atoms with Crippen LogP contribution in [0.4, 0.5) is 17.5 Å². The topological polar surface area (TPSA) is 54.2 Å². The summed E-state index contributed by atoms with van der Waals surface area (Å²) in [7, 11) is 0. The van der Waals surface area contributed by atoms with Crippen molar-refractivity contribution < 1.29 is 4.42 Å². The van der Waals surface area contributed by atoms with Gasteiger partial charge in [-0.05, 0) is 36.8 Å². The number of anilines is 3. The number of aryl methyl sites for hydroxylation is 1. The Morgan fingerprint density at radius 2 is 1.64 bits per heavy atom. The number of rotatable bonds is 7. The molecule has 0 spiro atoms. The van der Waals surface area contributed by atoms with Gasteiger partial charge in [0, 0.05) is 17.4 Å². The number of nitrogens with zero attached hydrogens (tertiary/aromatic N) is 3. The van der Waals surface area contributed by atoms with Crippen molar-refractivity contribution in [2.75, 3.05) is 10.2 Å². The molecule has 4 rings (SSSR count). The van der Waals surface area contributed by atoms with E-state index in [9.17, 15) is 0 Å². The second-order valence-corrected chi connectivity index (χ2v) is 6.53. The number of furan rings is 1. The highest BCUT2D eigenvalue weighted by Crippen LogP contribution is 2.26. The molecule has 0 atom stereocenters. The molecule has 5 heteroatoms. The highest BCUT2D eigenvalue weighted by Gasteiger charge is 2.14. The van der Waals surface area contributed by atoms with E-state index in [0.29, 0.717) is 19.0 Å². The average Bonchev–Trinajstić information content (AvgIpc) is 3.25. The maximum absolute atomic E-state index is 5.40. The van der Waals surface area contributed by atoms with Crippen LogP contribution in [-0.4, -0.2) is 9.97 Å². The molecule has 28 heavy (non-hydrogen) atoms. The summed E-state index contributed by atoms with van der Waals surface area (Å²) in [6.07, 6.45) is 1.67. The van der Waals surface area contributed by atoms with Crippen LogP contribution in [0.3, 0.4) is 0 Å². The van der Waals surface area contributed by atoms with Gasteiger partial charge >= 0.3 is 0 Å². The molecule has 1 N–H and O–H groups in total. The zero-order valence-electron chi connectivity index (χ0n) is 15.7. The summed E-state index contributed by atoms with van der Waals surface area (Å²) in [5.41, 5.74) is 3.15. The van der Waals surface area contributed by atoms with Gasteiger partial charge in [0.1, 0.15) is 11.6 Å². The molecule has 0 saturated heterocycles. The molecule has 0 aliphatic heterocycles. The van der Waals surface area contributed by atoms with E-state index in [4.69, 9.17) is 14.4 Å². The molecule has 0 aliphatic carbocycles. The molecule has 0 bridgehead atoms. The number of nitrogens with one attached hydrogen (secondary N) is 1. The van der Waals surface area contributed by atoms with Crippen LogP contribution < -0.4 is 10.2 Å². The zero-order valence-corrected chi connectivity index (χ0v) is 15.7. The van der Waals surface area contributed by atoms with Gasteiger partial charge in [-0.3, -0.25) is 0 Å². The molecule has 2 aromatic heterocycles.